The number of furan rings is 1. The molecule has 12 rings (SSSR count). The summed E-state index contributed by atoms with van der Waals surface area (Å²) in [6.45, 7) is 0.127. The summed E-state index contributed by atoms with van der Waals surface area (Å²) in [6.07, 6.45) is 6.43. The standard InChI is InChI=1S/C52H39BN2O/c1-3-15-34(16-4-1)37-32-47-51-48(33-37)55(46-25-13-11-23-44(46)53(51)43-22-10-12-24-45(43)54(47)38-18-5-2-6-19-38)39-29-27-35(28-30-39)42-31-36-17-7-8-20-40(36)50-41-21-9-14-26-49(41)56-52(42)50/h2,5-14,17-34H,1,3-4,15-16H2. The smallest absolute Gasteiger partial charge is 0.252 e. The van der Waals surface area contributed by atoms with Crippen molar-refractivity contribution in [1.29, 1.82) is 0 Å². The van der Waals surface area contributed by atoms with E-state index in [2.05, 4.69) is 180 Å². The van der Waals surface area contributed by atoms with Crippen molar-refractivity contribution in [2.75, 3.05) is 9.80 Å². The summed E-state index contributed by atoms with van der Waals surface area (Å²) in [5, 5.41) is 4.78. The molecule has 1 aliphatic carbocycles. The maximum atomic E-state index is 6.66. The van der Waals surface area contributed by atoms with Crippen LogP contribution in [0.15, 0.2) is 174 Å². The summed E-state index contributed by atoms with van der Waals surface area (Å²) in [5.41, 5.74) is 17.1. The average Bonchev–Trinajstić information content (AvgIpc) is 3.67. The lowest BCUT2D eigenvalue weighted by molar-refractivity contribution is 0.444. The molecule has 0 saturated heterocycles. The Kier molecular flexibility index (Phi) is 7.10. The number of anilines is 6. The Bertz CT molecular complexity index is 2980. The molecule has 0 amide bonds. The maximum Gasteiger partial charge on any atom is 0.252 e. The van der Waals surface area contributed by atoms with E-state index in [4.69, 9.17) is 4.42 Å². The number of nitrogens with zero attached hydrogens (tertiary/aromatic N) is 2. The van der Waals surface area contributed by atoms with Crippen molar-refractivity contribution in [1.82, 2.24) is 0 Å². The average molecular weight is 719 g/mol. The van der Waals surface area contributed by atoms with E-state index in [0.29, 0.717) is 5.92 Å². The molecular formula is C52H39BN2O. The molecule has 1 fully saturated rings. The predicted octanol–water partition coefficient (Wildman–Crippen LogP) is 12.5. The molecule has 1 saturated carbocycles. The summed E-state index contributed by atoms with van der Waals surface area (Å²) in [7, 11) is 0. The van der Waals surface area contributed by atoms with Crippen LogP contribution in [0.25, 0.3) is 43.8 Å². The number of para-hydroxylation sites is 4. The van der Waals surface area contributed by atoms with Gasteiger partial charge in [-0.2, -0.15) is 0 Å². The van der Waals surface area contributed by atoms with Gasteiger partial charge < -0.3 is 14.2 Å². The van der Waals surface area contributed by atoms with Gasteiger partial charge in [0.05, 0.1) is 0 Å². The first-order valence-electron chi connectivity index (χ1n) is 20.2. The highest BCUT2D eigenvalue weighted by atomic mass is 16.3. The Morgan fingerprint density at radius 1 is 0.500 bits per heavy atom. The molecule has 0 N–H and O–H groups in total. The van der Waals surface area contributed by atoms with Gasteiger partial charge in [0.2, 0.25) is 0 Å². The van der Waals surface area contributed by atoms with E-state index in [9.17, 15) is 0 Å². The lowest BCUT2D eigenvalue weighted by Gasteiger charge is -2.44. The van der Waals surface area contributed by atoms with Crippen molar-refractivity contribution in [3.8, 4) is 11.1 Å². The van der Waals surface area contributed by atoms with Gasteiger partial charge >= 0.3 is 0 Å². The first-order valence-corrected chi connectivity index (χ1v) is 20.2. The van der Waals surface area contributed by atoms with Crippen LogP contribution in [0.4, 0.5) is 34.1 Å². The zero-order chi connectivity index (χ0) is 36.7. The topological polar surface area (TPSA) is 19.6 Å². The number of rotatable bonds is 4. The zero-order valence-electron chi connectivity index (χ0n) is 31.2. The first kappa shape index (κ1) is 31.8. The Balaban J connectivity index is 1.08. The van der Waals surface area contributed by atoms with Gasteiger partial charge in [0.15, 0.2) is 0 Å². The molecule has 2 aliphatic heterocycles. The highest BCUT2D eigenvalue weighted by molar-refractivity contribution is 7.00. The van der Waals surface area contributed by atoms with Gasteiger partial charge in [0.25, 0.3) is 6.71 Å². The van der Waals surface area contributed by atoms with Gasteiger partial charge in [-0.15, -0.1) is 0 Å². The lowest BCUT2D eigenvalue weighted by Crippen LogP contribution is -2.61. The highest BCUT2D eigenvalue weighted by Crippen LogP contribution is 2.47. The third-order valence-electron chi connectivity index (χ3n) is 12.8. The van der Waals surface area contributed by atoms with Gasteiger partial charge in [0, 0.05) is 50.5 Å². The molecule has 0 spiro atoms. The minimum atomic E-state index is 0.127. The molecular weight excluding hydrogens is 679 g/mol. The van der Waals surface area contributed by atoms with Crippen LogP contribution in [0.1, 0.15) is 43.6 Å². The summed E-state index contributed by atoms with van der Waals surface area (Å²) < 4.78 is 6.66. The molecule has 4 heteroatoms. The Labute approximate surface area is 327 Å². The van der Waals surface area contributed by atoms with E-state index in [1.54, 1.807) is 0 Å². The fourth-order valence-corrected chi connectivity index (χ4v) is 10.3. The van der Waals surface area contributed by atoms with Crippen LogP contribution >= 0.6 is 0 Å². The molecule has 3 heterocycles. The van der Waals surface area contributed by atoms with E-state index in [1.807, 2.05) is 0 Å². The fourth-order valence-electron chi connectivity index (χ4n) is 10.3. The van der Waals surface area contributed by atoms with Crippen LogP contribution in [0, 0.1) is 0 Å². The van der Waals surface area contributed by atoms with Gasteiger partial charge in [-0.1, -0.05) is 128 Å². The molecule has 0 bridgehead atoms. The third-order valence-corrected chi connectivity index (χ3v) is 12.8. The van der Waals surface area contributed by atoms with Gasteiger partial charge in [-0.05, 0) is 118 Å². The van der Waals surface area contributed by atoms with Crippen LogP contribution in [-0.2, 0) is 0 Å². The zero-order valence-corrected chi connectivity index (χ0v) is 31.2. The minimum Gasteiger partial charge on any atom is -0.455 e. The fraction of sp³-hybridized carbons (Fsp3) is 0.115. The van der Waals surface area contributed by atoms with Crippen molar-refractivity contribution >= 4 is 89.9 Å². The number of hydrogen-bond acceptors (Lipinski definition) is 3. The second-order valence-electron chi connectivity index (χ2n) is 15.9. The van der Waals surface area contributed by atoms with Crippen LogP contribution in [-0.4, -0.2) is 6.71 Å². The van der Waals surface area contributed by atoms with E-state index in [-0.39, 0.29) is 6.71 Å². The summed E-state index contributed by atoms with van der Waals surface area (Å²) in [5.74, 6) is 0.555. The summed E-state index contributed by atoms with van der Waals surface area (Å²) in [4.78, 5) is 5.08. The molecule has 8 aromatic carbocycles. The van der Waals surface area contributed by atoms with E-state index in [1.165, 1.54) is 98.7 Å². The van der Waals surface area contributed by atoms with Crippen molar-refractivity contribution in [2.24, 2.45) is 0 Å². The van der Waals surface area contributed by atoms with Crippen molar-refractivity contribution in [2.45, 2.75) is 38.0 Å². The molecule has 3 nitrogen and oxygen atoms in total. The molecule has 56 heavy (non-hydrogen) atoms. The minimum absolute atomic E-state index is 0.127. The van der Waals surface area contributed by atoms with Crippen LogP contribution in [0.5, 0.6) is 0 Å². The number of hydrogen-bond donors (Lipinski definition) is 0. The highest BCUT2D eigenvalue weighted by Gasteiger charge is 2.43. The SMILES string of the molecule is c1ccc(N2c3ccccc3B3c4ccccc4N(c4ccc(-c5cc6ccccc6c6c5oc5ccccc56)cc4)c4cc(C5CCCCC5)cc2c43)cc1. The number of benzene rings is 8. The van der Waals surface area contributed by atoms with Crippen molar-refractivity contribution < 1.29 is 4.42 Å². The summed E-state index contributed by atoms with van der Waals surface area (Å²) in [6, 6.07) is 62.9. The largest absolute Gasteiger partial charge is 0.455 e. The maximum absolute atomic E-state index is 6.66. The monoisotopic (exact) mass is 718 g/mol. The molecule has 0 unspecified atom stereocenters. The Morgan fingerprint density at radius 3 is 1.80 bits per heavy atom. The molecule has 9 aromatic rings. The Morgan fingerprint density at radius 2 is 1.09 bits per heavy atom. The van der Waals surface area contributed by atoms with Gasteiger partial charge in [-0.3, -0.25) is 0 Å². The second-order valence-corrected chi connectivity index (χ2v) is 15.9. The number of fused-ring (bicyclic) bond motifs is 9. The van der Waals surface area contributed by atoms with Crippen LogP contribution in [0.2, 0.25) is 0 Å². The van der Waals surface area contributed by atoms with Gasteiger partial charge in [0.1, 0.15) is 11.2 Å². The molecule has 0 atom stereocenters. The normalized spacial score (nSPS) is 15.0. The van der Waals surface area contributed by atoms with Crippen LogP contribution < -0.4 is 26.2 Å². The van der Waals surface area contributed by atoms with Gasteiger partial charge in [-0.25, -0.2) is 0 Å². The van der Waals surface area contributed by atoms with Crippen molar-refractivity contribution in [3.63, 3.8) is 0 Å². The molecule has 1 aromatic heterocycles. The Hall–Kier alpha value is -6.52. The van der Waals surface area contributed by atoms with E-state index in [0.717, 1.165) is 33.4 Å². The predicted molar refractivity (Wildman–Crippen MR) is 237 cm³/mol. The quantitative estimate of drug-likeness (QED) is 0.169. The molecule has 3 aliphatic rings. The van der Waals surface area contributed by atoms with Crippen molar-refractivity contribution in [3.05, 3.63) is 175 Å². The molecule has 0 radical (unpaired) electrons. The molecule has 266 valence electrons. The second kappa shape index (κ2) is 12.5. The lowest BCUT2D eigenvalue weighted by atomic mass is 9.33. The van der Waals surface area contributed by atoms with Crippen LogP contribution in [0.3, 0.4) is 0 Å². The van der Waals surface area contributed by atoms with E-state index >= 15 is 0 Å². The first-order chi connectivity index (χ1) is 27.8. The third kappa shape index (κ3) is 4.72. The summed E-state index contributed by atoms with van der Waals surface area (Å²) >= 11 is 0. The van der Waals surface area contributed by atoms with E-state index < -0.39 is 0 Å².